The molecule has 0 heterocycles. The average molecular weight is 467 g/mol. The second kappa shape index (κ2) is 11.7. The van der Waals surface area contributed by atoms with Gasteiger partial charge in [-0.05, 0) is 46.9 Å². The second-order valence-electron chi connectivity index (χ2n) is 9.31. The van der Waals surface area contributed by atoms with E-state index >= 15 is 0 Å². The number of nitrogens with one attached hydrogen (secondary N) is 2. The molecule has 2 atom stereocenters. The summed E-state index contributed by atoms with van der Waals surface area (Å²) in [4.78, 5) is 36.0. The highest BCUT2D eigenvalue weighted by molar-refractivity contribution is 5.86. The van der Waals surface area contributed by atoms with Crippen LogP contribution in [0.15, 0.2) is 48.5 Å². The third kappa shape index (κ3) is 6.37. The van der Waals surface area contributed by atoms with Crippen LogP contribution in [0.5, 0.6) is 0 Å². The second-order valence-corrected chi connectivity index (χ2v) is 9.31. The zero-order chi connectivity index (χ0) is 24.7. The van der Waals surface area contributed by atoms with E-state index in [1.165, 1.54) is 0 Å². The van der Waals surface area contributed by atoms with E-state index in [2.05, 4.69) is 34.9 Å². The summed E-state index contributed by atoms with van der Waals surface area (Å²) in [6, 6.07) is 15.5. The third-order valence-electron chi connectivity index (χ3n) is 6.35. The van der Waals surface area contributed by atoms with E-state index in [1.54, 1.807) is 0 Å². The Hall–Kier alpha value is -3.35. The Morgan fingerprint density at radius 2 is 1.53 bits per heavy atom. The fourth-order valence-corrected chi connectivity index (χ4v) is 4.37. The molecule has 1 aliphatic rings. The molecule has 2 aromatic rings. The van der Waals surface area contributed by atoms with Crippen molar-refractivity contribution < 1.29 is 24.2 Å². The molecule has 34 heavy (non-hydrogen) atoms. The lowest BCUT2D eigenvalue weighted by Crippen LogP contribution is -2.50. The van der Waals surface area contributed by atoms with Crippen LogP contribution >= 0.6 is 0 Å². The molecule has 0 fully saturated rings. The van der Waals surface area contributed by atoms with Crippen LogP contribution in [-0.4, -0.2) is 42.3 Å². The number of benzene rings is 2. The molecule has 3 rings (SSSR count). The van der Waals surface area contributed by atoms with Gasteiger partial charge in [-0.1, -0.05) is 69.3 Å². The predicted octanol–water partition coefficient (Wildman–Crippen LogP) is 4.56. The molecular formula is C27H34N2O5. The highest BCUT2D eigenvalue weighted by Gasteiger charge is 2.30. The van der Waals surface area contributed by atoms with Gasteiger partial charge in [0.15, 0.2) is 0 Å². The number of hydrogen-bond donors (Lipinski definition) is 3. The zero-order valence-electron chi connectivity index (χ0n) is 20.0. The number of carboxylic acid groups (broad SMARTS) is 1. The lowest BCUT2D eigenvalue weighted by atomic mass is 9.98. The molecule has 0 saturated heterocycles. The quantitative estimate of drug-likeness (QED) is 0.450. The summed E-state index contributed by atoms with van der Waals surface area (Å²) < 4.78 is 5.58. The third-order valence-corrected chi connectivity index (χ3v) is 6.35. The van der Waals surface area contributed by atoms with Crippen molar-refractivity contribution in [3.63, 3.8) is 0 Å². The Labute approximate surface area is 200 Å². The van der Waals surface area contributed by atoms with Crippen molar-refractivity contribution >= 4 is 18.0 Å². The zero-order valence-corrected chi connectivity index (χ0v) is 20.0. The lowest BCUT2D eigenvalue weighted by Gasteiger charge is -2.22. The first-order valence-electron chi connectivity index (χ1n) is 11.9. The van der Waals surface area contributed by atoms with E-state index in [0.29, 0.717) is 19.4 Å². The van der Waals surface area contributed by atoms with E-state index in [4.69, 9.17) is 9.84 Å². The SMILES string of the molecule is CC(CCNC(=O)[C@@H](NC(=O)OCC1c2ccccc2-c2ccccc21)C(C)C)CCC(=O)O. The van der Waals surface area contributed by atoms with E-state index < -0.39 is 18.1 Å². The van der Waals surface area contributed by atoms with Crippen molar-refractivity contribution in [1.29, 1.82) is 0 Å². The van der Waals surface area contributed by atoms with Crippen LogP contribution in [0.2, 0.25) is 0 Å². The molecule has 3 N–H and O–H groups in total. The van der Waals surface area contributed by atoms with Gasteiger partial charge in [-0.15, -0.1) is 0 Å². The van der Waals surface area contributed by atoms with Crippen LogP contribution in [0, 0.1) is 11.8 Å². The molecule has 0 bridgehead atoms. The first kappa shape index (κ1) is 25.3. The van der Waals surface area contributed by atoms with E-state index in [9.17, 15) is 14.4 Å². The van der Waals surface area contributed by atoms with Gasteiger partial charge in [0.05, 0.1) is 0 Å². The Morgan fingerprint density at radius 3 is 2.09 bits per heavy atom. The van der Waals surface area contributed by atoms with E-state index in [-0.39, 0.29) is 36.7 Å². The number of carbonyl (C=O) groups is 3. The molecule has 7 heteroatoms. The number of hydrogen-bond acceptors (Lipinski definition) is 4. The molecule has 1 unspecified atom stereocenters. The van der Waals surface area contributed by atoms with Crippen LogP contribution < -0.4 is 10.6 Å². The van der Waals surface area contributed by atoms with Gasteiger partial charge < -0.3 is 20.5 Å². The van der Waals surface area contributed by atoms with Gasteiger partial charge in [-0.2, -0.15) is 0 Å². The van der Waals surface area contributed by atoms with Crippen molar-refractivity contribution in [2.45, 2.75) is 52.0 Å². The van der Waals surface area contributed by atoms with Crippen LogP contribution in [0.1, 0.15) is 57.1 Å². The van der Waals surface area contributed by atoms with Crippen LogP contribution in [0.25, 0.3) is 11.1 Å². The van der Waals surface area contributed by atoms with Gasteiger partial charge in [0, 0.05) is 18.9 Å². The fourth-order valence-electron chi connectivity index (χ4n) is 4.37. The minimum Gasteiger partial charge on any atom is -0.481 e. The Bertz CT molecular complexity index is 974. The standard InChI is InChI=1S/C27H34N2O5/c1-17(2)25(26(32)28-15-14-18(3)12-13-24(30)31)29-27(33)34-16-23-21-10-6-4-8-19(21)20-9-5-7-11-22(20)23/h4-11,17-18,23,25H,12-16H2,1-3H3,(H,28,32)(H,29,33)(H,30,31)/t18?,25-/m0/s1. The average Bonchev–Trinajstić information content (AvgIpc) is 3.13. The largest absolute Gasteiger partial charge is 0.481 e. The van der Waals surface area contributed by atoms with Crippen LogP contribution in [-0.2, 0) is 14.3 Å². The molecule has 7 nitrogen and oxygen atoms in total. The summed E-state index contributed by atoms with van der Waals surface area (Å²) in [6.07, 6.45) is 0.740. The normalized spacial score (nSPS) is 14.1. The Morgan fingerprint density at radius 1 is 0.941 bits per heavy atom. The summed E-state index contributed by atoms with van der Waals surface area (Å²) in [5.41, 5.74) is 4.58. The number of amides is 2. The number of aliphatic carboxylic acids is 1. The van der Waals surface area contributed by atoms with Crippen molar-refractivity contribution in [3.05, 3.63) is 59.7 Å². The Kier molecular flexibility index (Phi) is 8.68. The smallest absolute Gasteiger partial charge is 0.407 e. The van der Waals surface area contributed by atoms with Crippen LogP contribution in [0.4, 0.5) is 4.79 Å². The predicted molar refractivity (Wildman–Crippen MR) is 130 cm³/mol. The molecule has 0 aromatic heterocycles. The summed E-state index contributed by atoms with van der Waals surface area (Å²) in [6.45, 7) is 6.31. The molecule has 0 saturated carbocycles. The van der Waals surface area contributed by atoms with E-state index in [1.807, 2.05) is 45.0 Å². The fraction of sp³-hybridized carbons (Fsp3) is 0.444. The number of rotatable bonds is 11. The van der Waals surface area contributed by atoms with Gasteiger partial charge in [0.1, 0.15) is 12.6 Å². The van der Waals surface area contributed by atoms with Crippen molar-refractivity contribution in [1.82, 2.24) is 10.6 Å². The van der Waals surface area contributed by atoms with Crippen molar-refractivity contribution in [2.75, 3.05) is 13.2 Å². The molecule has 182 valence electrons. The summed E-state index contributed by atoms with van der Waals surface area (Å²) >= 11 is 0. The maximum absolute atomic E-state index is 12.7. The molecule has 1 aliphatic carbocycles. The van der Waals surface area contributed by atoms with Gasteiger partial charge in [-0.3, -0.25) is 9.59 Å². The minimum absolute atomic E-state index is 0.0447. The topological polar surface area (TPSA) is 105 Å². The van der Waals surface area contributed by atoms with Gasteiger partial charge in [0.2, 0.25) is 5.91 Å². The van der Waals surface area contributed by atoms with Crippen molar-refractivity contribution in [2.24, 2.45) is 11.8 Å². The molecule has 0 radical (unpaired) electrons. The number of fused-ring (bicyclic) bond motifs is 3. The number of carboxylic acids is 1. The number of carbonyl (C=O) groups excluding carboxylic acids is 2. The number of ether oxygens (including phenoxy) is 1. The first-order valence-corrected chi connectivity index (χ1v) is 11.9. The molecule has 0 spiro atoms. The van der Waals surface area contributed by atoms with Gasteiger partial charge >= 0.3 is 12.1 Å². The van der Waals surface area contributed by atoms with Gasteiger partial charge in [-0.25, -0.2) is 4.79 Å². The van der Waals surface area contributed by atoms with Crippen molar-refractivity contribution in [3.8, 4) is 11.1 Å². The van der Waals surface area contributed by atoms with Crippen LogP contribution in [0.3, 0.4) is 0 Å². The van der Waals surface area contributed by atoms with Gasteiger partial charge in [0.25, 0.3) is 0 Å². The lowest BCUT2D eigenvalue weighted by molar-refractivity contribution is -0.137. The highest BCUT2D eigenvalue weighted by Crippen LogP contribution is 2.44. The molecule has 2 aromatic carbocycles. The Balaban J connectivity index is 1.52. The summed E-state index contributed by atoms with van der Waals surface area (Å²) in [5.74, 6) is -1.07. The molecule has 0 aliphatic heterocycles. The molecular weight excluding hydrogens is 432 g/mol. The minimum atomic E-state index is -0.817. The first-order chi connectivity index (χ1) is 16.3. The number of alkyl carbamates (subject to hydrolysis) is 1. The summed E-state index contributed by atoms with van der Waals surface area (Å²) in [5, 5.41) is 14.4. The monoisotopic (exact) mass is 466 g/mol. The highest BCUT2D eigenvalue weighted by atomic mass is 16.5. The molecule has 2 amide bonds. The maximum Gasteiger partial charge on any atom is 0.407 e. The maximum atomic E-state index is 12.7. The summed E-state index contributed by atoms with van der Waals surface area (Å²) in [7, 11) is 0. The van der Waals surface area contributed by atoms with E-state index in [0.717, 1.165) is 22.3 Å².